The molecule has 6 aromatic rings. The molecule has 28 heavy (non-hydrogen) atoms. The number of rotatable bonds is 0. The second-order valence-electron chi connectivity index (χ2n) is 6.87. The molecule has 0 unspecified atom stereocenters. The minimum absolute atomic E-state index is 1.12. The highest BCUT2D eigenvalue weighted by molar-refractivity contribution is 7.20. The Bertz CT molecular complexity index is 1450. The summed E-state index contributed by atoms with van der Waals surface area (Å²) in [6.45, 7) is 0. The molecule has 0 bridgehead atoms. The van der Waals surface area contributed by atoms with Gasteiger partial charge in [0.15, 0.2) is 0 Å². The van der Waals surface area contributed by atoms with Crippen molar-refractivity contribution in [1.29, 1.82) is 0 Å². The zero-order valence-electron chi connectivity index (χ0n) is 14.9. The van der Waals surface area contributed by atoms with Crippen molar-refractivity contribution >= 4 is 64.4 Å². The molecule has 0 saturated carbocycles. The first-order valence-electron chi connectivity index (χ1n) is 9.20. The third kappa shape index (κ3) is 2.52. The van der Waals surface area contributed by atoms with Gasteiger partial charge in [0.1, 0.15) is 0 Å². The van der Waals surface area contributed by atoms with Crippen molar-refractivity contribution in [1.82, 2.24) is 0 Å². The van der Waals surface area contributed by atoms with Crippen LogP contribution in [0.15, 0.2) is 84.9 Å². The van der Waals surface area contributed by atoms with E-state index in [9.17, 15) is 0 Å². The molecule has 2 heteroatoms. The molecule has 0 aliphatic rings. The Labute approximate surface area is 170 Å². The van der Waals surface area contributed by atoms with Gasteiger partial charge in [-0.1, -0.05) is 60.7 Å². The minimum atomic E-state index is 1.12. The van der Waals surface area contributed by atoms with Gasteiger partial charge in [-0.3, -0.25) is 0 Å². The molecule has 0 saturated heterocycles. The predicted octanol–water partition coefficient (Wildman–Crippen LogP) is 7.82. The van der Waals surface area contributed by atoms with Gasteiger partial charge in [0.2, 0.25) is 0 Å². The van der Waals surface area contributed by atoms with Crippen LogP contribution in [0.1, 0.15) is 9.75 Å². The normalized spacial score (nSPS) is 11.3. The molecule has 0 spiro atoms. The molecular weight excluding hydrogens is 376 g/mol. The van der Waals surface area contributed by atoms with Gasteiger partial charge in [-0.15, -0.1) is 22.7 Å². The highest BCUT2D eigenvalue weighted by Crippen LogP contribution is 2.33. The molecule has 0 radical (unpaired) electrons. The molecule has 2 heterocycles. The van der Waals surface area contributed by atoms with Gasteiger partial charge in [0.05, 0.1) is 9.75 Å². The molecule has 130 valence electrons. The van der Waals surface area contributed by atoms with Crippen LogP contribution in [0.3, 0.4) is 0 Å². The molecule has 0 nitrogen and oxygen atoms in total. The standard InChI is InChI=1S/C26H14S2/c1-3-7-21-17(5-1)9-13-25-23(21)15-19(27-25)11-12-20-16-24-22-8-4-2-6-18(22)10-14-26(24)28-20/h1-10,13-16H. The summed E-state index contributed by atoms with van der Waals surface area (Å²) in [6.07, 6.45) is 0. The first-order valence-corrected chi connectivity index (χ1v) is 10.8. The van der Waals surface area contributed by atoms with Crippen LogP contribution in [0, 0.1) is 11.8 Å². The monoisotopic (exact) mass is 390 g/mol. The van der Waals surface area contributed by atoms with Crippen molar-refractivity contribution in [3.8, 4) is 11.8 Å². The zero-order chi connectivity index (χ0) is 18.5. The zero-order valence-corrected chi connectivity index (χ0v) is 16.5. The van der Waals surface area contributed by atoms with E-state index in [2.05, 4.69) is 96.8 Å². The molecule has 0 amide bonds. The number of hydrogen-bond donors (Lipinski definition) is 0. The Morgan fingerprint density at radius 2 is 0.929 bits per heavy atom. The summed E-state index contributed by atoms with van der Waals surface area (Å²) in [5.41, 5.74) is 0. The molecule has 0 fully saturated rings. The van der Waals surface area contributed by atoms with E-state index < -0.39 is 0 Å². The molecule has 0 aliphatic heterocycles. The summed E-state index contributed by atoms with van der Waals surface area (Å²) >= 11 is 3.54. The van der Waals surface area contributed by atoms with Gasteiger partial charge in [0, 0.05) is 20.2 Å². The number of hydrogen-bond acceptors (Lipinski definition) is 2. The maximum Gasteiger partial charge on any atom is 0.0785 e. The molecule has 0 atom stereocenters. The lowest BCUT2D eigenvalue weighted by atomic mass is 10.1. The Hall–Kier alpha value is -3.12. The van der Waals surface area contributed by atoms with E-state index in [4.69, 9.17) is 0 Å². The fourth-order valence-electron chi connectivity index (χ4n) is 3.83. The van der Waals surface area contributed by atoms with E-state index in [1.807, 2.05) is 0 Å². The Morgan fingerprint density at radius 1 is 0.464 bits per heavy atom. The van der Waals surface area contributed by atoms with Crippen LogP contribution in [-0.2, 0) is 0 Å². The smallest absolute Gasteiger partial charge is 0.0785 e. The van der Waals surface area contributed by atoms with Gasteiger partial charge in [-0.05, 0) is 57.7 Å². The number of benzene rings is 4. The van der Waals surface area contributed by atoms with Crippen LogP contribution in [0.25, 0.3) is 41.7 Å². The summed E-state index contributed by atoms with van der Waals surface area (Å²) in [5.74, 6) is 6.81. The van der Waals surface area contributed by atoms with E-state index in [0.29, 0.717) is 0 Å². The third-order valence-corrected chi connectivity index (χ3v) is 7.19. The van der Waals surface area contributed by atoms with Crippen LogP contribution in [0.2, 0.25) is 0 Å². The highest BCUT2D eigenvalue weighted by Gasteiger charge is 2.06. The van der Waals surface area contributed by atoms with Crippen LogP contribution in [0.5, 0.6) is 0 Å². The van der Waals surface area contributed by atoms with Crippen molar-refractivity contribution in [3.05, 3.63) is 94.7 Å². The van der Waals surface area contributed by atoms with Gasteiger partial charge < -0.3 is 0 Å². The van der Waals surface area contributed by atoms with Crippen LogP contribution in [0.4, 0.5) is 0 Å². The number of fused-ring (bicyclic) bond motifs is 6. The second-order valence-corrected chi connectivity index (χ2v) is 9.04. The van der Waals surface area contributed by atoms with E-state index in [1.54, 1.807) is 22.7 Å². The lowest BCUT2D eigenvalue weighted by Crippen LogP contribution is -1.71. The maximum atomic E-state index is 3.40. The summed E-state index contributed by atoms with van der Waals surface area (Å²) in [4.78, 5) is 2.24. The van der Waals surface area contributed by atoms with Crippen molar-refractivity contribution in [2.45, 2.75) is 0 Å². The average Bonchev–Trinajstić information content (AvgIpc) is 3.36. The Kier molecular flexibility index (Phi) is 3.52. The highest BCUT2D eigenvalue weighted by atomic mass is 32.1. The SMILES string of the molecule is C(#Cc1cc2c(ccc3ccccc32)s1)c1cc2c(ccc3ccccc32)s1. The third-order valence-electron chi connectivity index (χ3n) is 5.16. The fourth-order valence-corrected chi connectivity index (χ4v) is 5.69. The predicted molar refractivity (Wildman–Crippen MR) is 125 cm³/mol. The Balaban J connectivity index is 1.47. The molecule has 0 aliphatic carbocycles. The average molecular weight is 391 g/mol. The van der Waals surface area contributed by atoms with E-state index in [0.717, 1.165) is 9.75 Å². The van der Waals surface area contributed by atoms with Crippen molar-refractivity contribution in [3.63, 3.8) is 0 Å². The first kappa shape index (κ1) is 15.9. The molecular formula is C26H14S2. The van der Waals surface area contributed by atoms with E-state index in [-0.39, 0.29) is 0 Å². The van der Waals surface area contributed by atoms with Gasteiger partial charge in [-0.25, -0.2) is 0 Å². The quantitative estimate of drug-likeness (QED) is 0.232. The van der Waals surface area contributed by atoms with Crippen molar-refractivity contribution in [2.24, 2.45) is 0 Å². The first-order chi connectivity index (χ1) is 13.8. The molecule has 2 aromatic heterocycles. The second kappa shape index (κ2) is 6.21. The topological polar surface area (TPSA) is 0 Å². The largest absolute Gasteiger partial charge is 0.127 e. The lowest BCUT2D eigenvalue weighted by molar-refractivity contribution is 1.81. The summed E-state index contributed by atoms with van der Waals surface area (Å²) in [6, 6.07) is 30.4. The fraction of sp³-hybridized carbons (Fsp3) is 0. The minimum Gasteiger partial charge on any atom is -0.127 e. The van der Waals surface area contributed by atoms with Gasteiger partial charge in [-0.2, -0.15) is 0 Å². The molecule has 6 rings (SSSR count). The van der Waals surface area contributed by atoms with Gasteiger partial charge in [0.25, 0.3) is 0 Å². The van der Waals surface area contributed by atoms with Crippen LogP contribution >= 0.6 is 22.7 Å². The molecule has 4 aromatic carbocycles. The van der Waals surface area contributed by atoms with E-state index >= 15 is 0 Å². The van der Waals surface area contributed by atoms with Crippen LogP contribution < -0.4 is 0 Å². The summed E-state index contributed by atoms with van der Waals surface area (Å²) in [5, 5.41) is 7.77. The summed E-state index contributed by atoms with van der Waals surface area (Å²) in [7, 11) is 0. The summed E-state index contributed by atoms with van der Waals surface area (Å²) < 4.78 is 2.59. The number of thiophene rings is 2. The molecule has 0 N–H and O–H groups in total. The van der Waals surface area contributed by atoms with Gasteiger partial charge >= 0.3 is 0 Å². The van der Waals surface area contributed by atoms with E-state index in [1.165, 1.54) is 41.7 Å². The Morgan fingerprint density at radius 3 is 1.43 bits per heavy atom. The lowest BCUT2D eigenvalue weighted by Gasteiger charge is -1.97. The van der Waals surface area contributed by atoms with Crippen molar-refractivity contribution in [2.75, 3.05) is 0 Å². The maximum absolute atomic E-state index is 3.40. The van der Waals surface area contributed by atoms with Crippen molar-refractivity contribution < 1.29 is 0 Å². The van der Waals surface area contributed by atoms with Crippen LogP contribution in [-0.4, -0.2) is 0 Å².